The summed E-state index contributed by atoms with van der Waals surface area (Å²) >= 11 is 6.58. The van der Waals surface area contributed by atoms with Gasteiger partial charge in [-0.2, -0.15) is 12.8 Å². The Morgan fingerprint density at radius 3 is 2.45 bits per heavy atom. The van der Waals surface area contributed by atoms with Crippen LogP contribution in [0.25, 0.3) is 0 Å². The van der Waals surface area contributed by atoms with Crippen molar-refractivity contribution in [2.24, 2.45) is 0 Å². The molecule has 0 aliphatic rings. The third-order valence-electron chi connectivity index (χ3n) is 5.91. The van der Waals surface area contributed by atoms with Gasteiger partial charge in [0.1, 0.15) is 24.4 Å². The van der Waals surface area contributed by atoms with Crippen LogP contribution < -0.4 is 23.8 Å². The fourth-order valence-electron chi connectivity index (χ4n) is 3.85. The maximum Gasteiger partial charge on any atom is 0.404 e. The minimum atomic E-state index is -4.50. The van der Waals surface area contributed by atoms with Gasteiger partial charge in [0.05, 0.1) is 26.5 Å². The van der Waals surface area contributed by atoms with Gasteiger partial charge < -0.3 is 24.6 Å². The van der Waals surface area contributed by atoms with Crippen molar-refractivity contribution in [3.63, 3.8) is 0 Å². The Balaban J connectivity index is 1.69. The van der Waals surface area contributed by atoms with E-state index in [4.69, 9.17) is 30.9 Å². The molecule has 0 radical (unpaired) electrons. The van der Waals surface area contributed by atoms with Crippen molar-refractivity contribution >= 4 is 44.9 Å². The van der Waals surface area contributed by atoms with E-state index in [1.54, 1.807) is 12.1 Å². The van der Waals surface area contributed by atoms with Crippen LogP contribution in [0.4, 0.5) is 19.3 Å². The number of halogens is 3. The van der Waals surface area contributed by atoms with Crippen LogP contribution in [0.15, 0.2) is 59.2 Å². The Hall–Kier alpha value is -4.21. The second-order valence-corrected chi connectivity index (χ2v) is 11.7. The molecule has 0 unspecified atom stereocenters. The monoisotopic (exact) mass is 640 g/mol. The number of ether oxygens (including phenoxy) is 3. The number of sulfonamides is 1. The number of amides is 1. The third kappa shape index (κ3) is 6.98. The molecular formula is C26H23ClF2N4O7S2. The van der Waals surface area contributed by atoms with Crippen LogP contribution in [0.3, 0.4) is 0 Å². The second kappa shape index (κ2) is 13.2. The first-order valence-electron chi connectivity index (χ1n) is 11.9. The van der Waals surface area contributed by atoms with Gasteiger partial charge in [0.15, 0.2) is 17.4 Å². The van der Waals surface area contributed by atoms with E-state index < -0.39 is 50.1 Å². The second-order valence-electron chi connectivity index (χ2n) is 8.49. The molecule has 0 spiro atoms. The van der Waals surface area contributed by atoms with Crippen molar-refractivity contribution in [2.75, 3.05) is 18.5 Å². The van der Waals surface area contributed by atoms with Crippen LogP contribution in [-0.4, -0.2) is 43.2 Å². The normalized spacial score (nSPS) is 11.2. The molecule has 0 aliphatic heterocycles. The Kier molecular flexibility index (Phi) is 9.65. The molecule has 0 saturated carbocycles. The minimum Gasteiger partial charge on any atom is -0.497 e. The van der Waals surface area contributed by atoms with E-state index in [0.717, 1.165) is 12.4 Å². The van der Waals surface area contributed by atoms with E-state index >= 15 is 8.78 Å². The molecule has 11 nitrogen and oxygen atoms in total. The Morgan fingerprint density at radius 1 is 1.02 bits per heavy atom. The third-order valence-corrected chi connectivity index (χ3v) is 8.92. The summed E-state index contributed by atoms with van der Waals surface area (Å²) in [7, 11) is -1.68. The summed E-state index contributed by atoms with van der Waals surface area (Å²) in [4.78, 5) is 14.7. The lowest BCUT2D eigenvalue weighted by atomic mass is 10.1. The van der Waals surface area contributed by atoms with Crippen LogP contribution in [0.5, 0.6) is 17.2 Å². The van der Waals surface area contributed by atoms with Crippen molar-refractivity contribution < 1.29 is 41.3 Å². The van der Waals surface area contributed by atoms with Crippen LogP contribution in [0, 0.1) is 11.6 Å². The molecule has 3 aromatic carbocycles. The average molecular weight is 641 g/mol. The van der Waals surface area contributed by atoms with E-state index in [1.165, 1.54) is 38.5 Å². The average Bonchev–Trinajstić information content (AvgIpc) is 3.52. The summed E-state index contributed by atoms with van der Waals surface area (Å²) < 4.78 is 78.0. The Labute approximate surface area is 248 Å². The fourth-order valence-corrected chi connectivity index (χ4v) is 6.18. The molecule has 1 amide bonds. The lowest BCUT2D eigenvalue weighted by Crippen LogP contribution is -2.31. The van der Waals surface area contributed by atoms with Crippen LogP contribution >= 0.6 is 23.1 Å². The molecule has 0 atom stereocenters. The molecule has 222 valence electrons. The highest BCUT2D eigenvalue weighted by Gasteiger charge is 2.32. The van der Waals surface area contributed by atoms with E-state index in [0.29, 0.717) is 49.4 Å². The topological polar surface area (TPSA) is 140 Å². The van der Waals surface area contributed by atoms with Gasteiger partial charge in [-0.25, -0.2) is 18.6 Å². The molecule has 2 N–H and O–H groups in total. The highest BCUT2D eigenvalue weighted by molar-refractivity contribution is 7.94. The molecule has 1 aromatic heterocycles. The van der Waals surface area contributed by atoms with Crippen LogP contribution in [0.1, 0.15) is 16.7 Å². The van der Waals surface area contributed by atoms with E-state index in [2.05, 4.69) is 14.7 Å². The smallest absolute Gasteiger partial charge is 0.404 e. The fraction of sp³-hybridized carbons (Fsp3) is 0.192. The molecule has 0 aliphatic carbocycles. The van der Waals surface area contributed by atoms with Crippen molar-refractivity contribution in [1.82, 2.24) is 14.7 Å². The summed E-state index contributed by atoms with van der Waals surface area (Å²) in [5.41, 5.74) is 0.650. The zero-order valence-corrected chi connectivity index (χ0v) is 24.4. The SMILES string of the molecule is COc1ccc(CN(c2cc(F)c(OCc3ccc(Cl)cc3CNC(=O)O)cc2F)S(=O)(=O)c2ncns2)c(OC)c1. The van der Waals surface area contributed by atoms with Crippen molar-refractivity contribution in [1.29, 1.82) is 0 Å². The predicted octanol–water partition coefficient (Wildman–Crippen LogP) is 5.23. The number of nitrogens with zero attached hydrogens (tertiary/aromatic N) is 3. The summed E-state index contributed by atoms with van der Waals surface area (Å²) in [6, 6.07) is 10.7. The first-order chi connectivity index (χ1) is 20.0. The number of benzene rings is 3. The van der Waals surface area contributed by atoms with E-state index in [1.807, 2.05) is 0 Å². The zero-order chi connectivity index (χ0) is 30.4. The number of carbonyl (C=O) groups is 1. The molecule has 0 saturated heterocycles. The molecule has 4 rings (SSSR count). The first-order valence-corrected chi connectivity index (χ1v) is 14.5. The summed E-state index contributed by atoms with van der Waals surface area (Å²) in [5, 5.41) is 11.5. The van der Waals surface area contributed by atoms with Gasteiger partial charge >= 0.3 is 6.09 Å². The van der Waals surface area contributed by atoms with Crippen molar-refractivity contribution in [3.05, 3.63) is 88.2 Å². The molecule has 0 bridgehead atoms. The number of carboxylic acid groups (broad SMARTS) is 1. The summed E-state index contributed by atoms with van der Waals surface area (Å²) in [6.45, 7) is -0.812. The van der Waals surface area contributed by atoms with Gasteiger partial charge in [-0.05, 0) is 46.9 Å². The molecule has 4 aromatic rings. The van der Waals surface area contributed by atoms with Crippen molar-refractivity contribution in [3.8, 4) is 17.2 Å². The Morgan fingerprint density at radius 2 is 1.79 bits per heavy atom. The molecular weight excluding hydrogens is 618 g/mol. The van der Waals surface area contributed by atoms with Gasteiger partial charge in [0.25, 0.3) is 10.0 Å². The lowest BCUT2D eigenvalue weighted by Gasteiger charge is -2.25. The maximum atomic E-state index is 15.6. The first kappa shape index (κ1) is 30.7. The summed E-state index contributed by atoms with van der Waals surface area (Å²) in [6.07, 6.45) is -0.222. The number of aromatic nitrogens is 2. The van der Waals surface area contributed by atoms with E-state index in [9.17, 15) is 13.2 Å². The molecule has 1 heterocycles. The number of anilines is 1. The molecule has 0 fully saturated rings. The van der Waals surface area contributed by atoms with Crippen LogP contribution in [-0.2, 0) is 29.7 Å². The largest absolute Gasteiger partial charge is 0.497 e. The van der Waals surface area contributed by atoms with Gasteiger partial charge in [0, 0.05) is 35.3 Å². The predicted molar refractivity (Wildman–Crippen MR) is 150 cm³/mol. The Bertz CT molecular complexity index is 1690. The number of methoxy groups -OCH3 is 2. The lowest BCUT2D eigenvalue weighted by molar-refractivity contribution is 0.194. The molecule has 42 heavy (non-hydrogen) atoms. The highest BCUT2D eigenvalue weighted by Crippen LogP contribution is 2.35. The maximum absolute atomic E-state index is 15.6. The van der Waals surface area contributed by atoms with Crippen molar-refractivity contribution in [2.45, 2.75) is 24.0 Å². The standard InChI is InChI=1S/C26H23ClF2N4O7S2/c1-38-19-6-4-15(23(8-19)39-2)12-33(42(36,37)26-31-14-32-41-26)22-9-21(29)24(10-20(22)28)40-13-16-3-5-18(27)7-17(16)11-30-25(34)35/h3-10,14,30H,11-13H2,1-2H3,(H,34,35). The van der Waals surface area contributed by atoms with Gasteiger partial charge in [-0.3, -0.25) is 4.31 Å². The number of hydrogen-bond acceptors (Lipinski definition) is 9. The number of rotatable bonds is 12. The van der Waals surface area contributed by atoms with Crippen LogP contribution in [0.2, 0.25) is 5.02 Å². The minimum absolute atomic E-state index is 0.0996. The number of hydrogen-bond donors (Lipinski definition) is 2. The van der Waals surface area contributed by atoms with E-state index in [-0.39, 0.29) is 18.9 Å². The van der Waals surface area contributed by atoms with Gasteiger partial charge in [0.2, 0.25) is 4.34 Å². The number of nitrogens with one attached hydrogen (secondary N) is 1. The highest BCUT2D eigenvalue weighted by atomic mass is 35.5. The summed E-state index contributed by atoms with van der Waals surface area (Å²) in [5.74, 6) is -1.96. The van der Waals surface area contributed by atoms with Gasteiger partial charge in [-0.1, -0.05) is 17.7 Å². The quantitative estimate of drug-likeness (QED) is 0.213. The zero-order valence-electron chi connectivity index (χ0n) is 22.0. The van der Waals surface area contributed by atoms with Gasteiger partial charge in [-0.15, -0.1) is 0 Å². The molecule has 16 heteroatoms.